The summed E-state index contributed by atoms with van der Waals surface area (Å²) in [4.78, 5) is 27.5. The minimum absolute atomic E-state index is 0.212. The molecule has 110 valence electrons. The average Bonchev–Trinajstić information content (AvgIpc) is 3.05. The van der Waals surface area contributed by atoms with Crippen molar-refractivity contribution < 1.29 is 14.3 Å². The Kier molecular flexibility index (Phi) is 5.11. The van der Waals surface area contributed by atoms with E-state index >= 15 is 0 Å². The molecular formula is C14H20N2O3S. The number of aromatic nitrogens is 1. The Hall–Kier alpha value is -1.43. The van der Waals surface area contributed by atoms with Crippen LogP contribution >= 0.6 is 11.3 Å². The van der Waals surface area contributed by atoms with Crippen molar-refractivity contribution in [1.82, 2.24) is 10.3 Å². The lowest BCUT2D eigenvalue weighted by molar-refractivity contribution is 0.0526. The third kappa shape index (κ3) is 3.79. The first-order valence-corrected chi connectivity index (χ1v) is 7.89. The monoisotopic (exact) mass is 296 g/mol. The summed E-state index contributed by atoms with van der Waals surface area (Å²) in [5.74, 6) is 0.640. The fraction of sp³-hybridized carbons (Fsp3) is 0.643. The molecule has 1 aromatic heterocycles. The lowest BCUT2D eigenvalue weighted by Crippen LogP contribution is -2.28. The highest BCUT2D eigenvalue weighted by Gasteiger charge is 2.22. The Bertz CT molecular complexity index is 487. The van der Waals surface area contributed by atoms with Gasteiger partial charge in [0.25, 0.3) is 5.91 Å². The maximum atomic E-state index is 12.0. The summed E-state index contributed by atoms with van der Waals surface area (Å²) in [6.45, 7) is 4.98. The second kappa shape index (κ2) is 6.83. The lowest BCUT2D eigenvalue weighted by atomic mass is 10.1. The summed E-state index contributed by atoms with van der Waals surface area (Å²) in [6, 6.07) is 0. The molecule has 0 saturated heterocycles. The maximum Gasteiger partial charge on any atom is 0.367 e. The molecule has 1 amide bonds. The van der Waals surface area contributed by atoms with Gasteiger partial charge in [-0.1, -0.05) is 13.3 Å². The van der Waals surface area contributed by atoms with Crippen LogP contribution in [0.5, 0.6) is 0 Å². The Morgan fingerprint density at radius 3 is 2.95 bits per heavy atom. The predicted octanol–water partition coefficient (Wildman–Crippen LogP) is 2.49. The van der Waals surface area contributed by atoms with E-state index in [9.17, 15) is 9.59 Å². The number of nitrogens with zero attached hydrogens (tertiary/aromatic N) is 1. The molecule has 1 aliphatic carbocycles. The van der Waals surface area contributed by atoms with E-state index in [0.717, 1.165) is 17.3 Å². The fourth-order valence-corrected chi connectivity index (χ4v) is 3.19. The molecule has 1 heterocycles. The fourth-order valence-electron chi connectivity index (χ4n) is 2.50. The molecule has 2 rings (SSSR count). The molecule has 2 atom stereocenters. The van der Waals surface area contributed by atoms with E-state index in [-0.39, 0.29) is 10.9 Å². The summed E-state index contributed by atoms with van der Waals surface area (Å²) in [6.07, 6.45) is 3.59. The molecule has 1 N–H and O–H groups in total. The Balaban J connectivity index is 1.85. The zero-order valence-electron chi connectivity index (χ0n) is 11.8. The smallest absolute Gasteiger partial charge is 0.367 e. The largest absolute Gasteiger partial charge is 0.461 e. The molecule has 6 heteroatoms. The van der Waals surface area contributed by atoms with Gasteiger partial charge in [0.1, 0.15) is 5.69 Å². The number of esters is 1. The molecule has 1 aliphatic rings. The van der Waals surface area contributed by atoms with Crippen LogP contribution in [0.15, 0.2) is 5.38 Å². The van der Waals surface area contributed by atoms with Crippen LogP contribution in [0, 0.1) is 11.8 Å². The molecule has 0 aliphatic heterocycles. The number of thiazole rings is 1. The van der Waals surface area contributed by atoms with E-state index in [1.165, 1.54) is 19.3 Å². The highest BCUT2D eigenvalue weighted by molar-refractivity contribution is 7.11. The van der Waals surface area contributed by atoms with Gasteiger partial charge >= 0.3 is 5.97 Å². The molecule has 2 unspecified atom stereocenters. The van der Waals surface area contributed by atoms with Crippen LogP contribution in [0.2, 0.25) is 0 Å². The Morgan fingerprint density at radius 1 is 1.50 bits per heavy atom. The SMILES string of the molecule is CCOC(=O)c1nc(C(=O)NCC2CCC(C)C2)cs1. The number of carbonyl (C=O) groups is 2. The molecule has 20 heavy (non-hydrogen) atoms. The average molecular weight is 296 g/mol. The number of hydrogen-bond donors (Lipinski definition) is 1. The van der Waals surface area contributed by atoms with E-state index in [2.05, 4.69) is 17.2 Å². The Morgan fingerprint density at radius 2 is 2.30 bits per heavy atom. The molecule has 1 fully saturated rings. The number of rotatable bonds is 5. The lowest BCUT2D eigenvalue weighted by Gasteiger charge is -2.09. The van der Waals surface area contributed by atoms with E-state index in [4.69, 9.17) is 4.74 Å². The normalized spacial score (nSPS) is 21.7. The first kappa shape index (κ1) is 15.0. The molecule has 0 radical (unpaired) electrons. The van der Waals surface area contributed by atoms with Gasteiger partial charge < -0.3 is 10.1 Å². The quantitative estimate of drug-likeness (QED) is 0.848. The van der Waals surface area contributed by atoms with E-state index in [1.54, 1.807) is 12.3 Å². The van der Waals surface area contributed by atoms with Gasteiger partial charge in [-0.25, -0.2) is 9.78 Å². The van der Waals surface area contributed by atoms with Gasteiger partial charge in [0.15, 0.2) is 0 Å². The summed E-state index contributed by atoms with van der Waals surface area (Å²) < 4.78 is 4.85. The molecule has 1 aromatic rings. The highest BCUT2D eigenvalue weighted by atomic mass is 32.1. The maximum absolute atomic E-state index is 12.0. The van der Waals surface area contributed by atoms with Crippen molar-refractivity contribution in [3.8, 4) is 0 Å². The standard InChI is InChI=1S/C14H20N2O3S/c1-3-19-14(18)13-16-11(8-20-13)12(17)15-7-10-5-4-9(2)6-10/h8-10H,3-7H2,1-2H3,(H,15,17). The Labute approximate surface area is 122 Å². The van der Waals surface area contributed by atoms with Crippen molar-refractivity contribution in [2.24, 2.45) is 11.8 Å². The van der Waals surface area contributed by atoms with Gasteiger partial charge in [-0.05, 0) is 31.6 Å². The van der Waals surface area contributed by atoms with Gasteiger partial charge in [0.05, 0.1) is 6.61 Å². The predicted molar refractivity (Wildman–Crippen MR) is 76.9 cm³/mol. The zero-order valence-corrected chi connectivity index (χ0v) is 12.7. The molecule has 1 saturated carbocycles. The van der Waals surface area contributed by atoms with Gasteiger partial charge in [-0.3, -0.25) is 4.79 Å². The van der Waals surface area contributed by atoms with Crippen LogP contribution in [0.1, 0.15) is 53.4 Å². The summed E-state index contributed by atoms with van der Waals surface area (Å²) in [5, 5.41) is 4.72. The number of nitrogens with one attached hydrogen (secondary N) is 1. The van der Waals surface area contributed by atoms with Crippen LogP contribution in [-0.2, 0) is 4.74 Å². The first-order chi connectivity index (χ1) is 9.60. The van der Waals surface area contributed by atoms with Crippen LogP contribution in [0.4, 0.5) is 0 Å². The molecule has 0 spiro atoms. The van der Waals surface area contributed by atoms with Crippen molar-refractivity contribution in [2.75, 3.05) is 13.2 Å². The highest BCUT2D eigenvalue weighted by Crippen LogP contribution is 2.29. The number of amides is 1. The molecule has 0 aromatic carbocycles. The van der Waals surface area contributed by atoms with Gasteiger partial charge in [-0.2, -0.15) is 0 Å². The third-order valence-electron chi connectivity index (χ3n) is 3.54. The van der Waals surface area contributed by atoms with Crippen LogP contribution in [0.25, 0.3) is 0 Å². The second-order valence-corrected chi connectivity index (χ2v) is 6.11. The minimum Gasteiger partial charge on any atom is -0.461 e. The van der Waals surface area contributed by atoms with Gasteiger partial charge in [-0.15, -0.1) is 11.3 Å². The number of carbonyl (C=O) groups excluding carboxylic acids is 2. The van der Waals surface area contributed by atoms with Crippen molar-refractivity contribution >= 4 is 23.2 Å². The number of ether oxygens (including phenoxy) is 1. The topological polar surface area (TPSA) is 68.3 Å². The van der Waals surface area contributed by atoms with Crippen LogP contribution in [-0.4, -0.2) is 30.0 Å². The molecular weight excluding hydrogens is 276 g/mol. The van der Waals surface area contributed by atoms with Crippen molar-refractivity contribution in [2.45, 2.75) is 33.1 Å². The van der Waals surface area contributed by atoms with Gasteiger partial charge in [0.2, 0.25) is 5.01 Å². The number of hydrogen-bond acceptors (Lipinski definition) is 5. The first-order valence-electron chi connectivity index (χ1n) is 7.01. The van der Waals surface area contributed by atoms with Gasteiger partial charge in [0, 0.05) is 11.9 Å². The van der Waals surface area contributed by atoms with E-state index < -0.39 is 5.97 Å². The van der Waals surface area contributed by atoms with Crippen LogP contribution < -0.4 is 5.32 Å². The van der Waals surface area contributed by atoms with E-state index in [0.29, 0.717) is 24.8 Å². The summed E-state index contributed by atoms with van der Waals surface area (Å²) in [7, 11) is 0. The van der Waals surface area contributed by atoms with Crippen molar-refractivity contribution in [3.05, 3.63) is 16.1 Å². The zero-order chi connectivity index (χ0) is 14.5. The second-order valence-electron chi connectivity index (χ2n) is 5.25. The van der Waals surface area contributed by atoms with Crippen LogP contribution in [0.3, 0.4) is 0 Å². The minimum atomic E-state index is -0.471. The third-order valence-corrected chi connectivity index (χ3v) is 4.36. The summed E-state index contributed by atoms with van der Waals surface area (Å²) in [5.41, 5.74) is 0.295. The van der Waals surface area contributed by atoms with Crippen molar-refractivity contribution in [3.63, 3.8) is 0 Å². The molecule has 0 bridgehead atoms. The summed E-state index contributed by atoms with van der Waals surface area (Å²) >= 11 is 1.14. The molecule has 5 nitrogen and oxygen atoms in total. The van der Waals surface area contributed by atoms with E-state index in [1.807, 2.05) is 0 Å². The van der Waals surface area contributed by atoms with Crippen molar-refractivity contribution in [1.29, 1.82) is 0 Å².